The lowest BCUT2D eigenvalue weighted by atomic mass is 10.2. The maximum Gasteiger partial charge on any atom is 0.0726 e. The zero-order valence-electron chi connectivity index (χ0n) is 9.72. The van der Waals surface area contributed by atoms with Gasteiger partial charge >= 0.3 is 0 Å². The van der Waals surface area contributed by atoms with Gasteiger partial charge in [0.2, 0.25) is 0 Å². The van der Waals surface area contributed by atoms with Crippen LogP contribution in [0.1, 0.15) is 26.0 Å². The average Bonchev–Trinajstić information content (AvgIpc) is 2.27. The second-order valence-corrected chi connectivity index (χ2v) is 3.77. The maximum absolute atomic E-state index is 4.26. The molecule has 1 atom stereocenters. The lowest BCUT2D eigenvalue weighted by Crippen LogP contribution is -2.28. The molecule has 1 heterocycles. The van der Waals surface area contributed by atoms with Gasteiger partial charge in [-0.2, -0.15) is 0 Å². The molecular formula is C12H19N3. The lowest BCUT2D eigenvalue weighted by molar-refractivity contribution is 0.247. The van der Waals surface area contributed by atoms with Crippen molar-refractivity contribution in [3.63, 3.8) is 0 Å². The van der Waals surface area contributed by atoms with Gasteiger partial charge in [-0.3, -0.25) is 14.9 Å². The molecule has 1 rings (SSSR count). The van der Waals surface area contributed by atoms with Crippen molar-refractivity contribution in [2.45, 2.75) is 32.9 Å². The van der Waals surface area contributed by atoms with Gasteiger partial charge in [-0.1, -0.05) is 12.2 Å². The highest BCUT2D eigenvalue weighted by molar-refractivity contribution is 4.95. The van der Waals surface area contributed by atoms with Crippen molar-refractivity contribution in [1.29, 1.82) is 0 Å². The van der Waals surface area contributed by atoms with Crippen molar-refractivity contribution in [2.75, 3.05) is 7.05 Å². The Kier molecular flexibility index (Phi) is 4.98. The summed E-state index contributed by atoms with van der Waals surface area (Å²) in [4.78, 5) is 10.6. The summed E-state index contributed by atoms with van der Waals surface area (Å²) in [6.07, 6.45) is 10.6. The monoisotopic (exact) mass is 205 g/mol. The van der Waals surface area contributed by atoms with Crippen LogP contribution in [-0.2, 0) is 6.54 Å². The van der Waals surface area contributed by atoms with Crippen molar-refractivity contribution < 1.29 is 0 Å². The van der Waals surface area contributed by atoms with Gasteiger partial charge < -0.3 is 0 Å². The zero-order valence-corrected chi connectivity index (χ0v) is 9.72. The van der Waals surface area contributed by atoms with E-state index in [2.05, 4.69) is 47.9 Å². The van der Waals surface area contributed by atoms with E-state index in [9.17, 15) is 0 Å². The molecule has 0 aliphatic heterocycles. The molecule has 0 N–H and O–H groups in total. The molecule has 1 aromatic rings. The normalized spacial score (nSPS) is 13.6. The first kappa shape index (κ1) is 11.9. The Morgan fingerprint density at radius 2 is 2.27 bits per heavy atom. The van der Waals surface area contributed by atoms with Crippen molar-refractivity contribution in [3.8, 4) is 0 Å². The standard InChI is InChI=1S/C12H19N3/c1-4-5-6-11(2)15(3)10-12-9-13-7-8-14-12/h4-5,7-9,11H,6,10H2,1-3H3/b5-4-. The zero-order chi connectivity index (χ0) is 11.1. The number of aromatic nitrogens is 2. The Hall–Kier alpha value is -1.22. The van der Waals surface area contributed by atoms with E-state index in [1.54, 1.807) is 12.4 Å². The van der Waals surface area contributed by atoms with Gasteiger partial charge in [0, 0.05) is 31.2 Å². The number of allylic oxidation sites excluding steroid dienone is 1. The molecule has 82 valence electrons. The second-order valence-electron chi connectivity index (χ2n) is 3.77. The topological polar surface area (TPSA) is 29.0 Å². The smallest absolute Gasteiger partial charge is 0.0726 e. The molecule has 0 bridgehead atoms. The van der Waals surface area contributed by atoms with E-state index in [0.717, 1.165) is 18.7 Å². The largest absolute Gasteiger partial charge is 0.298 e. The van der Waals surface area contributed by atoms with Crippen molar-refractivity contribution >= 4 is 0 Å². The van der Waals surface area contributed by atoms with Crippen LogP contribution in [0, 0.1) is 0 Å². The van der Waals surface area contributed by atoms with E-state index < -0.39 is 0 Å². The van der Waals surface area contributed by atoms with Crippen LogP contribution in [0.5, 0.6) is 0 Å². The molecule has 0 aromatic carbocycles. The second kappa shape index (κ2) is 6.30. The van der Waals surface area contributed by atoms with Crippen LogP contribution < -0.4 is 0 Å². The van der Waals surface area contributed by atoms with Gasteiger partial charge in [0.05, 0.1) is 5.69 Å². The van der Waals surface area contributed by atoms with Crippen LogP contribution in [0.15, 0.2) is 30.7 Å². The summed E-state index contributed by atoms with van der Waals surface area (Å²) >= 11 is 0. The van der Waals surface area contributed by atoms with Gasteiger partial charge in [0.25, 0.3) is 0 Å². The van der Waals surface area contributed by atoms with E-state index >= 15 is 0 Å². The Balaban J connectivity index is 2.44. The molecule has 0 amide bonds. The van der Waals surface area contributed by atoms with Crippen LogP contribution >= 0.6 is 0 Å². The average molecular weight is 205 g/mol. The molecular weight excluding hydrogens is 186 g/mol. The predicted molar refractivity (Wildman–Crippen MR) is 62.4 cm³/mol. The first-order chi connectivity index (χ1) is 7.24. The maximum atomic E-state index is 4.26. The van der Waals surface area contributed by atoms with E-state index in [1.807, 2.05) is 6.20 Å². The predicted octanol–water partition coefficient (Wildman–Crippen LogP) is 2.26. The Morgan fingerprint density at radius 1 is 1.47 bits per heavy atom. The molecule has 3 heteroatoms. The van der Waals surface area contributed by atoms with Crippen LogP contribution in [0.2, 0.25) is 0 Å². The molecule has 0 fully saturated rings. The summed E-state index contributed by atoms with van der Waals surface area (Å²) in [7, 11) is 2.11. The van der Waals surface area contributed by atoms with Crippen LogP contribution in [0.25, 0.3) is 0 Å². The van der Waals surface area contributed by atoms with E-state index in [-0.39, 0.29) is 0 Å². The Labute approximate surface area is 91.9 Å². The molecule has 15 heavy (non-hydrogen) atoms. The minimum absolute atomic E-state index is 0.531. The molecule has 0 aliphatic carbocycles. The molecule has 0 aliphatic rings. The number of rotatable bonds is 5. The van der Waals surface area contributed by atoms with E-state index in [4.69, 9.17) is 0 Å². The van der Waals surface area contributed by atoms with Gasteiger partial charge in [-0.05, 0) is 27.3 Å². The fourth-order valence-corrected chi connectivity index (χ4v) is 1.34. The first-order valence-electron chi connectivity index (χ1n) is 5.30. The quantitative estimate of drug-likeness (QED) is 0.690. The fourth-order valence-electron chi connectivity index (χ4n) is 1.34. The molecule has 3 nitrogen and oxygen atoms in total. The van der Waals surface area contributed by atoms with E-state index in [0.29, 0.717) is 6.04 Å². The number of hydrogen-bond acceptors (Lipinski definition) is 3. The van der Waals surface area contributed by atoms with Gasteiger partial charge in [-0.15, -0.1) is 0 Å². The highest BCUT2D eigenvalue weighted by atomic mass is 15.1. The summed E-state index contributed by atoms with van der Waals surface area (Å²) in [5.74, 6) is 0. The molecule has 0 saturated heterocycles. The molecule has 0 radical (unpaired) electrons. The molecule has 1 aromatic heterocycles. The lowest BCUT2D eigenvalue weighted by Gasteiger charge is -2.22. The highest BCUT2D eigenvalue weighted by Gasteiger charge is 2.08. The molecule has 0 saturated carbocycles. The van der Waals surface area contributed by atoms with Crippen molar-refractivity contribution in [1.82, 2.24) is 14.9 Å². The third-order valence-electron chi connectivity index (χ3n) is 2.49. The van der Waals surface area contributed by atoms with Gasteiger partial charge in [0.1, 0.15) is 0 Å². The fraction of sp³-hybridized carbons (Fsp3) is 0.500. The highest BCUT2D eigenvalue weighted by Crippen LogP contribution is 2.06. The van der Waals surface area contributed by atoms with Crippen molar-refractivity contribution in [2.24, 2.45) is 0 Å². The van der Waals surface area contributed by atoms with Crippen LogP contribution in [-0.4, -0.2) is 28.0 Å². The van der Waals surface area contributed by atoms with Crippen LogP contribution in [0.4, 0.5) is 0 Å². The van der Waals surface area contributed by atoms with Gasteiger partial charge in [-0.25, -0.2) is 0 Å². The van der Waals surface area contributed by atoms with Crippen LogP contribution in [0.3, 0.4) is 0 Å². The SMILES string of the molecule is C/C=C\CC(C)N(C)Cc1cnccn1. The van der Waals surface area contributed by atoms with Gasteiger partial charge in [0.15, 0.2) is 0 Å². The minimum atomic E-state index is 0.531. The summed E-state index contributed by atoms with van der Waals surface area (Å²) in [5.41, 5.74) is 1.02. The van der Waals surface area contributed by atoms with Crippen molar-refractivity contribution in [3.05, 3.63) is 36.4 Å². The minimum Gasteiger partial charge on any atom is -0.298 e. The molecule has 0 spiro atoms. The third kappa shape index (κ3) is 4.21. The Morgan fingerprint density at radius 3 is 2.87 bits per heavy atom. The summed E-state index contributed by atoms with van der Waals surface area (Å²) in [5, 5.41) is 0. The summed E-state index contributed by atoms with van der Waals surface area (Å²) in [6, 6.07) is 0.531. The molecule has 1 unspecified atom stereocenters. The first-order valence-corrected chi connectivity index (χ1v) is 5.30. The summed E-state index contributed by atoms with van der Waals surface area (Å²) < 4.78 is 0. The Bertz CT molecular complexity index is 295. The summed E-state index contributed by atoms with van der Waals surface area (Å²) in [6.45, 7) is 5.12. The van der Waals surface area contributed by atoms with E-state index in [1.165, 1.54) is 0 Å². The number of nitrogens with zero attached hydrogens (tertiary/aromatic N) is 3. The third-order valence-corrected chi connectivity index (χ3v) is 2.49. The number of hydrogen-bond donors (Lipinski definition) is 0.